The molecule has 0 aromatic rings. The van der Waals surface area contributed by atoms with E-state index in [1.54, 1.807) is 6.08 Å². The molecule has 0 aromatic heterocycles. The predicted octanol–water partition coefficient (Wildman–Crippen LogP) is 2.31. The monoisotopic (exact) mass is 102 g/mol. The van der Waals surface area contributed by atoms with Crippen LogP contribution in [0.25, 0.3) is 0 Å². The van der Waals surface area contributed by atoms with Crippen LogP contribution in [0.4, 0.5) is 4.39 Å². The van der Waals surface area contributed by atoms with Crippen molar-refractivity contribution in [3.05, 3.63) is 12.2 Å². The highest BCUT2D eigenvalue weighted by Crippen LogP contribution is 1.90. The largest absolute Gasteiger partial charge is 0.243 e. The maximum absolute atomic E-state index is 11.8. The van der Waals surface area contributed by atoms with E-state index < -0.39 is 6.17 Å². The molecule has 0 heterocycles. The first-order valence-electron chi connectivity index (χ1n) is 2.58. The highest BCUT2D eigenvalue weighted by atomic mass is 19.1. The van der Waals surface area contributed by atoms with Crippen LogP contribution in [-0.2, 0) is 0 Å². The van der Waals surface area contributed by atoms with Gasteiger partial charge >= 0.3 is 0 Å². The van der Waals surface area contributed by atoms with Crippen LogP contribution in [0.2, 0.25) is 0 Å². The van der Waals surface area contributed by atoms with Gasteiger partial charge in [0.2, 0.25) is 0 Å². The standard InChI is InChI=1S/C6H11F/c1-3-4-5-6(2)7/h4-6H,3H2,1-2H3. The molecule has 0 aromatic carbocycles. The Balaban J connectivity index is 3.08. The number of alkyl halides is 1. The molecule has 1 atom stereocenters. The van der Waals surface area contributed by atoms with E-state index in [4.69, 9.17) is 0 Å². The van der Waals surface area contributed by atoms with Crippen molar-refractivity contribution in [3.8, 4) is 0 Å². The number of halogens is 1. The van der Waals surface area contributed by atoms with Crippen LogP contribution in [0, 0.1) is 0 Å². The molecule has 0 spiro atoms. The molecule has 0 aliphatic heterocycles. The van der Waals surface area contributed by atoms with Gasteiger partial charge in [-0.3, -0.25) is 0 Å². The third-order valence-electron chi connectivity index (χ3n) is 0.637. The summed E-state index contributed by atoms with van der Waals surface area (Å²) in [4.78, 5) is 0. The molecule has 0 radical (unpaired) electrons. The quantitative estimate of drug-likeness (QED) is 0.469. The minimum atomic E-state index is -0.778. The molecule has 1 unspecified atom stereocenters. The lowest BCUT2D eigenvalue weighted by molar-refractivity contribution is 0.430. The summed E-state index contributed by atoms with van der Waals surface area (Å²) in [6.07, 6.45) is 3.53. The van der Waals surface area contributed by atoms with Crippen LogP contribution in [0.3, 0.4) is 0 Å². The van der Waals surface area contributed by atoms with Crippen LogP contribution < -0.4 is 0 Å². The van der Waals surface area contributed by atoms with Crippen LogP contribution in [0.5, 0.6) is 0 Å². The molecular formula is C6H11F. The van der Waals surface area contributed by atoms with Crippen molar-refractivity contribution in [1.82, 2.24) is 0 Å². The second-order valence-electron chi connectivity index (χ2n) is 1.51. The molecular weight excluding hydrogens is 91.1 g/mol. The normalized spacial score (nSPS) is 15.3. The number of allylic oxidation sites excluding steroid dienone is 2. The number of hydrogen-bond acceptors (Lipinski definition) is 0. The Bertz CT molecular complexity index is 55.2. The van der Waals surface area contributed by atoms with E-state index in [0.717, 1.165) is 6.42 Å². The van der Waals surface area contributed by atoms with Crippen LogP contribution in [-0.4, -0.2) is 6.17 Å². The molecule has 1 heteroatoms. The smallest absolute Gasteiger partial charge is 0.115 e. The van der Waals surface area contributed by atoms with Gasteiger partial charge in [0.25, 0.3) is 0 Å². The molecule has 0 rings (SSSR count). The van der Waals surface area contributed by atoms with Crippen molar-refractivity contribution in [3.63, 3.8) is 0 Å². The average molecular weight is 102 g/mol. The Kier molecular flexibility index (Phi) is 3.67. The maximum Gasteiger partial charge on any atom is 0.115 e. The lowest BCUT2D eigenvalue weighted by Crippen LogP contribution is -1.80. The summed E-state index contributed by atoms with van der Waals surface area (Å²) in [5, 5.41) is 0. The Morgan fingerprint density at radius 2 is 2.29 bits per heavy atom. The van der Waals surface area contributed by atoms with E-state index in [0.29, 0.717) is 0 Å². The van der Waals surface area contributed by atoms with E-state index in [2.05, 4.69) is 0 Å². The van der Waals surface area contributed by atoms with Crippen LogP contribution in [0.15, 0.2) is 12.2 Å². The van der Waals surface area contributed by atoms with Crippen LogP contribution >= 0.6 is 0 Å². The third kappa shape index (κ3) is 5.67. The number of rotatable bonds is 2. The summed E-state index contributed by atoms with van der Waals surface area (Å²) in [5.74, 6) is 0. The minimum absolute atomic E-state index is 0.778. The Morgan fingerprint density at radius 1 is 1.71 bits per heavy atom. The first kappa shape index (κ1) is 6.67. The summed E-state index contributed by atoms with van der Waals surface area (Å²) in [7, 11) is 0. The molecule has 0 saturated carbocycles. The highest BCUT2D eigenvalue weighted by Gasteiger charge is 1.83. The SMILES string of the molecule is CCC=CC(C)F. The van der Waals surface area contributed by atoms with Crippen molar-refractivity contribution in [1.29, 1.82) is 0 Å². The summed E-state index contributed by atoms with van der Waals surface area (Å²) in [5.41, 5.74) is 0. The highest BCUT2D eigenvalue weighted by molar-refractivity contribution is 4.84. The summed E-state index contributed by atoms with van der Waals surface area (Å²) < 4.78 is 11.8. The molecule has 0 fully saturated rings. The van der Waals surface area contributed by atoms with E-state index in [1.807, 2.05) is 13.0 Å². The Morgan fingerprint density at radius 3 is 2.43 bits per heavy atom. The second kappa shape index (κ2) is 3.85. The third-order valence-corrected chi connectivity index (χ3v) is 0.637. The topological polar surface area (TPSA) is 0 Å². The summed E-state index contributed by atoms with van der Waals surface area (Å²) in [6.45, 7) is 3.50. The minimum Gasteiger partial charge on any atom is -0.243 e. The molecule has 0 saturated heterocycles. The molecule has 0 amide bonds. The lowest BCUT2D eigenvalue weighted by Gasteiger charge is -1.85. The van der Waals surface area contributed by atoms with Gasteiger partial charge in [-0.1, -0.05) is 19.1 Å². The van der Waals surface area contributed by atoms with Gasteiger partial charge in [0.05, 0.1) is 0 Å². The molecule has 0 N–H and O–H groups in total. The second-order valence-corrected chi connectivity index (χ2v) is 1.51. The van der Waals surface area contributed by atoms with Gasteiger partial charge in [-0.25, -0.2) is 4.39 Å². The van der Waals surface area contributed by atoms with Crippen molar-refractivity contribution in [2.75, 3.05) is 0 Å². The van der Waals surface area contributed by atoms with Gasteiger partial charge in [0.1, 0.15) is 6.17 Å². The van der Waals surface area contributed by atoms with E-state index >= 15 is 0 Å². The zero-order chi connectivity index (χ0) is 5.70. The van der Waals surface area contributed by atoms with Gasteiger partial charge in [0.15, 0.2) is 0 Å². The predicted molar refractivity (Wildman–Crippen MR) is 30.0 cm³/mol. The molecule has 0 aliphatic rings. The summed E-state index contributed by atoms with van der Waals surface area (Å²) in [6, 6.07) is 0. The maximum atomic E-state index is 11.8. The van der Waals surface area contributed by atoms with E-state index in [1.165, 1.54) is 6.92 Å². The van der Waals surface area contributed by atoms with Gasteiger partial charge in [0, 0.05) is 0 Å². The van der Waals surface area contributed by atoms with Crippen molar-refractivity contribution in [2.24, 2.45) is 0 Å². The molecule has 7 heavy (non-hydrogen) atoms. The van der Waals surface area contributed by atoms with Gasteiger partial charge in [-0.2, -0.15) is 0 Å². The first-order chi connectivity index (χ1) is 3.27. The Labute approximate surface area is 44.0 Å². The van der Waals surface area contributed by atoms with Crippen molar-refractivity contribution in [2.45, 2.75) is 26.4 Å². The Hall–Kier alpha value is -0.330. The molecule has 0 nitrogen and oxygen atoms in total. The van der Waals surface area contributed by atoms with E-state index in [9.17, 15) is 4.39 Å². The first-order valence-corrected chi connectivity index (χ1v) is 2.58. The van der Waals surface area contributed by atoms with Crippen molar-refractivity contribution < 1.29 is 4.39 Å². The zero-order valence-corrected chi connectivity index (χ0v) is 4.82. The van der Waals surface area contributed by atoms with E-state index in [-0.39, 0.29) is 0 Å². The van der Waals surface area contributed by atoms with Gasteiger partial charge < -0.3 is 0 Å². The molecule has 0 bridgehead atoms. The fourth-order valence-electron chi connectivity index (χ4n) is 0.324. The average Bonchev–Trinajstić information content (AvgIpc) is 1.61. The zero-order valence-electron chi connectivity index (χ0n) is 4.82. The molecule has 0 aliphatic carbocycles. The van der Waals surface area contributed by atoms with Crippen LogP contribution in [0.1, 0.15) is 20.3 Å². The molecule has 42 valence electrons. The number of hydrogen-bond donors (Lipinski definition) is 0. The van der Waals surface area contributed by atoms with Gasteiger partial charge in [-0.15, -0.1) is 0 Å². The summed E-state index contributed by atoms with van der Waals surface area (Å²) >= 11 is 0. The lowest BCUT2D eigenvalue weighted by atomic mass is 10.3. The fourth-order valence-corrected chi connectivity index (χ4v) is 0.324. The van der Waals surface area contributed by atoms with Gasteiger partial charge in [-0.05, 0) is 13.3 Å². The van der Waals surface area contributed by atoms with Crippen molar-refractivity contribution >= 4 is 0 Å². The fraction of sp³-hybridized carbons (Fsp3) is 0.667.